The number of hydrogen-bond acceptors (Lipinski definition) is 8. The molecule has 0 fully saturated rings. The third kappa shape index (κ3) is 10.1. The van der Waals surface area contributed by atoms with Crippen molar-refractivity contribution in [1.82, 2.24) is 5.32 Å². The molecule has 1 aromatic rings. The number of esters is 3. The van der Waals surface area contributed by atoms with Gasteiger partial charge in [-0.05, 0) is 72.6 Å². The van der Waals surface area contributed by atoms with Gasteiger partial charge in [0.15, 0.2) is 11.5 Å². The summed E-state index contributed by atoms with van der Waals surface area (Å²) in [4.78, 5) is 48.5. The summed E-state index contributed by atoms with van der Waals surface area (Å²) in [6.07, 6.45) is -0.470. The Balaban J connectivity index is 3.11. The average molecular weight is 494 g/mol. The maximum Gasteiger partial charge on any atom is 0.321 e. The fourth-order valence-corrected chi connectivity index (χ4v) is 2.52. The number of nitrogens with one attached hydrogen (secondary N) is 1. The van der Waals surface area contributed by atoms with E-state index in [2.05, 4.69) is 5.32 Å². The smallest absolute Gasteiger partial charge is 0.321 e. The van der Waals surface area contributed by atoms with Crippen LogP contribution < -0.4 is 14.8 Å². The van der Waals surface area contributed by atoms with E-state index in [0.717, 1.165) is 0 Å². The average Bonchev–Trinajstić information content (AvgIpc) is 2.70. The molecular weight excluding hydrogens is 454 g/mol. The highest BCUT2D eigenvalue weighted by atomic mass is 16.6. The summed E-state index contributed by atoms with van der Waals surface area (Å²) in [6.45, 7) is 15.4. The minimum Gasteiger partial charge on any atom is -0.480 e. The molecule has 196 valence electrons. The Morgan fingerprint density at radius 3 is 1.86 bits per heavy atom. The van der Waals surface area contributed by atoms with E-state index in [0.29, 0.717) is 5.56 Å². The molecule has 0 aliphatic rings. The summed E-state index contributed by atoms with van der Waals surface area (Å²) in [5.74, 6) is -2.68. The number of ether oxygens (including phenoxy) is 3. The number of carboxylic acids is 1. The molecule has 1 aromatic carbocycles. The van der Waals surface area contributed by atoms with E-state index >= 15 is 0 Å². The van der Waals surface area contributed by atoms with Crippen molar-refractivity contribution in [3.63, 3.8) is 0 Å². The monoisotopic (exact) mass is 493 g/mol. The lowest BCUT2D eigenvalue weighted by atomic mass is 9.97. The fourth-order valence-electron chi connectivity index (χ4n) is 2.52. The van der Waals surface area contributed by atoms with Gasteiger partial charge in [0.25, 0.3) is 0 Å². The first-order valence-corrected chi connectivity index (χ1v) is 11.7. The Hall–Kier alpha value is -2.94. The van der Waals surface area contributed by atoms with Gasteiger partial charge in [-0.2, -0.15) is 0 Å². The molecule has 1 unspecified atom stereocenters. The summed E-state index contributed by atoms with van der Waals surface area (Å²) < 4.78 is 16.3. The molecule has 2 N–H and O–H groups in total. The largest absolute Gasteiger partial charge is 0.480 e. The molecular formula is C26H39NO8. The van der Waals surface area contributed by atoms with Crippen LogP contribution in [0, 0.1) is 16.7 Å². The molecule has 0 aromatic heterocycles. The molecule has 0 saturated heterocycles. The van der Waals surface area contributed by atoms with Gasteiger partial charge < -0.3 is 24.6 Å². The second-order valence-corrected chi connectivity index (χ2v) is 11.0. The van der Waals surface area contributed by atoms with Gasteiger partial charge in [-0.1, -0.05) is 19.9 Å². The van der Waals surface area contributed by atoms with Gasteiger partial charge in [-0.25, -0.2) is 0 Å². The Labute approximate surface area is 207 Å². The molecule has 1 rings (SSSR count). The molecule has 0 bridgehead atoms. The van der Waals surface area contributed by atoms with E-state index in [1.807, 2.05) is 0 Å². The Bertz CT molecular complexity index is 924. The topological polar surface area (TPSA) is 128 Å². The molecule has 0 amide bonds. The first kappa shape index (κ1) is 30.1. The van der Waals surface area contributed by atoms with E-state index in [1.54, 1.807) is 68.4 Å². The van der Waals surface area contributed by atoms with Crippen LogP contribution in [0.15, 0.2) is 18.2 Å². The van der Waals surface area contributed by atoms with Gasteiger partial charge in [-0.3, -0.25) is 19.2 Å². The van der Waals surface area contributed by atoms with Gasteiger partial charge in [0, 0.05) is 6.54 Å². The number of hydrogen-bond donors (Lipinski definition) is 2. The third-order valence-corrected chi connectivity index (χ3v) is 4.82. The van der Waals surface area contributed by atoms with Crippen LogP contribution in [0.3, 0.4) is 0 Å². The number of carbonyl (C=O) groups is 4. The van der Waals surface area contributed by atoms with Crippen LogP contribution in [-0.2, 0) is 30.3 Å². The van der Waals surface area contributed by atoms with Crippen molar-refractivity contribution in [1.29, 1.82) is 0 Å². The number of carbonyl (C=O) groups excluding carboxylic acids is 3. The number of benzene rings is 1. The first-order valence-electron chi connectivity index (χ1n) is 11.7. The lowest BCUT2D eigenvalue weighted by Crippen LogP contribution is -2.43. The summed E-state index contributed by atoms with van der Waals surface area (Å²) in [7, 11) is 0. The maximum atomic E-state index is 12.5. The predicted molar refractivity (Wildman–Crippen MR) is 130 cm³/mol. The summed E-state index contributed by atoms with van der Waals surface area (Å²) in [6, 6.07) is 3.59. The van der Waals surface area contributed by atoms with Crippen LogP contribution in [0.4, 0.5) is 0 Å². The zero-order valence-electron chi connectivity index (χ0n) is 22.2. The van der Waals surface area contributed by atoms with Crippen LogP contribution in [0.1, 0.15) is 67.9 Å². The minimum absolute atomic E-state index is 0.0309. The lowest BCUT2D eigenvalue weighted by molar-refractivity contribution is -0.152. The van der Waals surface area contributed by atoms with Crippen molar-refractivity contribution < 1.29 is 38.5 Å². The summed E-state index contributed by atoms with van der Waals surface area (Å²) in [5, 5.41) is 12.6. The number of aliphatic carboxylic acids is 1. The molecule has 2 atom stereocenters. The Morgan fingerprint density at radius 1 is 0.886 bits per heavy atom. The van der Waals surface area contributed by atoms with Crippen LogP contribution in [0.2, 0.25) is 0 Å². The van der Waals surface area contributed by atoms with Crippen molar-refractivity contribution in [3.8, 4) is 11.5 Å². The molecule has 0 heterocycles. The van der Waals surface area contributed by atoms with Crippen LogP contribution >= 0.6 is 0 Å². The van der Waals surface area contributed by atoms with Crippen LogP contribution in [0.5, 0.6) is 11.5 Å². The van der Waals surface area contributed by atoms with E-state index in [-0.39, 0.29) is 36.4 Å². The Morgan fingerprint density at radius 2 is 1.40 bits per heavy atom. The van der Waals surface area contributed by atoms with Crippen molar-refractivity contribution in [2.75, 3.05) is 6.54 Å². The summed E-state index contributed by atoms with van der Waals surface area (Å²) in [5.41, 5.74) is -1.04. The van der Waals surface area contributed by atoms with E-state index in [4.69, 9.17) is 14.2 Å². The SMILES string of the molecule is CC(CN[C@@H](Cc1ccc(OC(=O)C(C)(C)C)c(OC(=O)C(C)(C)C)c1)C(=O)O)OC(=O)C(C)C. The zero-order chi connectivity index (χ0) is 27.1. The number of carboxylic acid groups (broad SMARTS) is 1. The van der Waals surface area contributed by atoms with Gasteiger partial charge in [0.2, 0.25) is 0 Å². The minimum atomic E-state index is -1.09. The molecule has 9 heteroatoms. The standard InChI is InChI=1S/C26H39NO8/c1-15(2)22(30)33-16(3)14-27-18(21(28)29)12-17-10-11-19(34-23(31)25(4,5)6)20(13-17)35-24(32)26(7,8)9/h10-11,13,15-16,18,27H,12,14H2,1-9H3,(H,28,29)/t16?,18-/m0/s1. The molecule has 0 saturated carbocycles. The fraction of sp³-hybridized carbons (Fsp3) is 0.615. The molecule has 35 heavy (non-hydrogen) atoms. The molecule has 0 radical (unpaired) electrons. The van der Waals surface area contributed by atoms with Crippen molar-refractivity contribution in [3.05, 3.63) is 23.8 Å². The quantitative estimate of drug-likeness (QED) is 0.370. The van der Waals surface area contributed by atoms with Crippen molar-refractivity contribution in [2.45, 2.75) is 80.9 Å². The molecule has 0 aliphatic heterocycles. The highest BCUT2D eigenvalue weighted by molar-refractivity contribution is 5.81. The number of rotatable bonds is 10. The van der Waals surface area contributed by atoms with Gasteiger partial charge in [0.1, 0.15) is 12.1 Å². The second-order valence-electron chi connectivity index (χ2n) is 11.0. The van der Waals surface area contributed by atoms with Gasteiger partial charge in [0.05, 0.1) is 16.7 Å². The van der Waals surface area contributed by atoms with Gasteiger partial charge >= 0.3 is 23.9 Å². The first-order chi connectivity index (χ1) is 15.9. The molecule has 0 aliphatic carbocycles. The van der Waals surface area contributed by atoms with E-state index < -0.39 is 40.9 Å². The van der Waals surface area contributed by atoms with Crippen molar-refractivity contribution in [2.24, 2.45) is 16.7 Å². The van der Waals surface area contributed by atoms with E-state index in [1.165, 1.54) is 12.1 Å². The van der Waals surface area contributed by atoms with Gasteiger partial charge in [-0.15, -0.1) is 0 Å². The highest BCUT2D eigenvalue weighted by Gasteiger charge is 2.29. The van der Waals surface area contributed by atoms with E-state index in [9.17, 15) is 24.3 Å². The highest BCUT2D eigenvalue weighted by Crippen LogP contribution is 2.33. The summed E-state index contributed by atoms with van der Waals surface area (Å²) >= 11 is 0. The molecule has 0 spiro atoms. The lowest BCUT2D eigenvalue weighted by Gasteiger charge is -2.22. The van der Waals surface area contributed by atoms with Crippen LogP contribution in [0.25, 0.3) is 0 Å². The van der Waals surface area contributed by atoms with Crippen molar-refractivity contribution >= 4 is 23.9 Å². The third-order valence-electron chi connectivity index (χ3n) is 4.82. The molecule has 9 nitrogen and oxygen atoms in total. The zero-order valence-corrected chi connectivity index (χ0v) is 22.2. The predicted octanol–water partition coefficient (Wildman–Crippen LogP) is 3.76. The second kappa shape index (κ2) is 12.2. The maximum absolute atomic E-state index is 12.5. The van der Waals surface area contributed by atoms with Crippen LogP contribution in [-0.4, -0.2) is 47.7 Å². The Kier molecular flexibility index (Phi) is 10.4. The normalized spacial score (nSPS) is 13.7.